The lowest BCUT2D eigenvalue weighted by molar-refractivity contribution is -0.384. The lowest BCUT2D eigenvalue weighted by atomic mass is 9.84. The Balaban J connectivity index is 2.12. The molecule has 0 aromatic carbocycles. The third-order valence-electron chi connectivity index (χ3n) is 3.26. The number of anilines is 2. The van der Waals surface area contributed by atoms with Crippen molar-refractivity contribution in [2.24, 2.45) is 0 Å². The van der Waals surface area contributed by atoms with E-state index in [-0.39, 0.29) is 22.2 Å². The Morgan fingerprint density at radius 1 is 1.67 bits per heavy atom. The highest BCUT2D eigenvalue weighted by Crippen LogP contribution is 2.43. The molecular weight excluding hydrogens is 254 g/mol. The van der Waals surface area contributed by atoms with Crippen molar-refractivity contribution in [3.05, 3.63) is 16.3 Å². The number of nitro groups is 1. The summed E-state index contributed by atoms with van der Waals surface area (Å²) in [5.41, 5.74) is 5.32. The fourth-order valence-corrected chi connectivity index (χ4v) is 2.84. The Labute approximate surface area is 109 Å². The predicted molar refractivity (Wildman–Crippen MR) is 71.7 cm³/mol. The molecule has 18 heavy (non-hydrogen) atoms. The summed E-state index contributed by atoms with van der Waals surface area (Å²) < 4.78 is 0.174. The number of nitrogens with one attached hydrogen (secondary N) is 1. The highest BCUT2D eigenvalue weighted by Gasteiger charge is 2.36. The van der Waals surface area contributed by atoms with Gasteiger partial charge in [0.1, 0.15) is 6.20 Å². The molecule has 0 saturated heterocycles. The van der Waals surface area contributed by atoms with Crippen molar-refractivity contribution in [3.63, 3.8) is 0 Å². The molecule has 7 nitrogen and oxygen atoms in total. The van der Waals surface area contributed by atoms with Crippen molar-refractivity contribution in [1.29, 1.82) is 0 Å². The summed E-state index contributed by atoms with van der Waals surface area (Å²) in [4.78, 5) is 17.9. The first-order chi connectivity index (χ1) is 8.56. The highest BCUT2D eigenvalue weighted by atomic mass is 32.2. The van der Waals surface area contributed by atoms with Gasteiger partial charge in [0, 0.05) is 11.3 Å². The predicted octanol–water partition coefficient (Wildman–Crippen LogP) is 1.66. The maximum absolute atomic E-state index is 10.9. The molecule has 1 aliphatic rings. The van der Waals surface area contributed by atoms with Crippen LogP contribution in [0.4, 0.5) is 17.5 Å². The molecule has 0 bridgehead atoms. The SMILES string of the molecule is CSC1(CNc2nc(N)ncc2[N+](=O)[O-])CCC1. The minimum absolute atomic E-state index is 0.0370. The van der Waals surface area contributed by atoms with Gasteiger partial charge >= 0.3 is 5.69 Å². The lowest BCUT2D eigenvalue weighted by Crippen LogP contribution is -2.40. The number of thioether (sulfide) groups is 1. The standard InChI is InChI=1S/C10H15N5O2S/c1-18-10(3-2-4-10)6-13-8-7(15(16)17)5-12-9(11)14-8/h5H,2-4,6H2,1H3,(H3,11,12,13,14). The summed E-state index contributed by atoms with van der Waals surface area (Å²) in [7, 11) is 0. The molecule has 1 aliphatic carbocycles. The van der Waals surface area contributed by atoms with Gasteiger partial charge in [-0.15, -0.1) is 0 Å². The number of nitrogen functional groups attached to an aromatic ring is 1. The molecule has 1 fully saturated rings. The van der Waals surface area contributed by atoms with Crippen LogP contribution in [0.2, 0.25) is 0 Å². The summed E-state index contributed by atoms with van der Waals surface area (Å²) in [5.74, 6) is 0.239. The molecule has 0 spiro atoms. The van der Waals surface area contributed by atoms with Crippen LogP contribution >= 0.6 is 11.8 Å². The highest BCUT2D eigenvalue weighted by molar-refractivity contribution is 8.00. The van der Waals surface area contributed by atoms with E-state index in [1.165, 1.54) is 6.42 Å². The summed E-state index contributed by atoms with van der Waals surface area (Å²) in [6, 6.07) is 0. The molecule has 1 saturated carbocycles. The number of aromatic nitrogens is 2. The Hall–Kier alpha value is -1.57. The summed E-state index contributed by atoms with van der Waals surface area (Å²) in [6.07, 6.45) is 6.64. The number of nitrogens with zero attached hydrogens (tertiary/aromatic N) is 3. The fourth-order valence-electron chi connectivity index (χ4n) is 1.92. The van der Waals surface area contributed by atoms with Crippen LogP contribution in [-0.4, -0.2) is 32.4 Å². The number of nitrogens with two attached hydrogens (primary N) is 1. The van der Waals surface area contributed by atoms with Gasteiger partial charge in [-0.3, -0.25) is 10.1 Å². The molecule has 0 atom stereocenters. The first-order valence-electron chi connectivity index (χ1n) is 5.62. The smallest absolute Gasteiger partial charge is 0.329 e. The number of hydrogen-bond donors (Lipinski definition) is 2. The molecule has 0 radical (unpaired) electrons. The zero-order valence-electron chi connectivity index (χ0n) is 10.0. The summed E-state index contributed by atoms with van der Waals surface area (Å²) in [6.45, 7) is 0.658. The zero-order chi connectivity index (χ0) is 13.2. The summed E-state index contributed by atoms with van der Waals surface area (Å²) >= 11 is 1.79. The van der Waals surface area contributed by atoms with Gasteiger partial charge in [-0.25, -0.2) is 4.98 Å². The molecule has 98 valence electrons. The van der Waals surface area contributed by atoms with Gasteiger partial charge in [-0.2, -0.15) is 16.7 Å². The van der Waals surface area contributed by atoms with Crippen molar-refractivity contribution in [2.45, 2.75) is 24.0 Å². The monoisotopic (exact) mass is 269 g/mol. The molecule has 3 N–H and O–H groups in total. The molecule has 0 aliphatic heterocycles. The zero-order valence-corrected chi connectivity index (χ0v) is 10.9. The van der Waals surface area contributed by atoms with Gasteiger partial charge in [0.2, 0.25) is 11.8 Å². The second-order valence-electron chi connectivity index (χ2n) is 4.31. The van der Waals surface area contributed by atoms with Crippen LogP contribution in [0.15, 0.2) is 6.20 Å². The second-order valence-corrected chi connectivity index (χ2v) is 5.59. The van der Waals surface area contributed by atoms with Crippen molar-refractivity contribution in [2.75, 3.05) is 23.9 Å². The molecule has 1 aromatic rings. The average Bonchev–Trinajstić information content (AvgIpc) is 2.28. The van der Waals surface area contributed by atoms with Gasteiger partial charge < -0.3 is 11.1 Å². The minimum Gasteiger partial charge on any atom is -0.368 e. The molecule has 1 heterocycles. The van der Waals surface area contributed by atoms with Crippen LogP contribution in [-0.2, 0) is 0 Å². The van der Waals surface area contributed by atoms with Crippen LogP contribution in [0.1, 0.15) is 19.3 Å². The molecule has 0 amide bonds. The van der Waals surface area contributed by atoms with E-state index in [0.717, 1.165) is 19.0 Å². The molecule has 2 rings (SSSR count). The van der Waals surface area contributed by atoms with E-state index >= 15 is 0 Å². The Kier molecular flexibility index (Phi) is 3.55. The van der Waals surface area contributed by atoms with Gasteiger partial charge in [-0.05, 0) is 19.1 Å². The average molecular weight is 269 g/mol. The lowest BCUT2D eigenvalue weighted by Gasteiger charge is -2.40. The third-order valence-corrected chi connectivity index (χ3v) is 4.68. The van der Waals surface area contributed by atoms with Gasteiger partial charge in [0.25, 0.3) is 0 Å². The summed E-state index contributed by atoms with van der Waals surface area (Å²) in [5, 5.41) is 13.9. The molecule has 0 unspecified atom stereocenters. The van der Waals surface area contributed by atoms with E-state index in [4.69, 9.17) is 5.73 Å². The first kappa shape index (κ1) is 12.9. The van der Waals surface area contributed by atoms with E-state index in [2.05, 4.69) is 21.5 Å². The Morgan fingerprint density at radius 3 is 2.89 bits per heavy atom. The first-order valence-corrected chi connectivity index (χ1v) is 6.85. The topological polar surface area (TPSA) is 107 Å². The van der Waals surface area contributed by atoms with Crippen LogP contribution < -0.4 is 11.1 Å². The number of rotatable bonds is 5. The number of hydrogen-bond acceptors (Lipinski definition) is 7. The van der Waals surface area contributed by atoms with Crippen LogP contribution in [0.25, 0.3) is 0 Å². The fraction of sp³-hybridized carbons (Fsp3) is 0.600. The van der Waals surface area contributed by atoms with Crippen molar-refractivity contribution in [3.8, 4) is 0 Å². The molecular formula is C10H15N5O2S. The Morgan fingerprint density at radius 2 is 2.39 bits per heavy atom. The van der Waals surface area contributed by atoms with Gasteiger partial charge in [0.15, 0.2) is 0 Å². The quantitative estimate of drug-likeness (QED) is 0.618. The van der Waals surface area contributed by atoms with Gasteiger partial charge in [0.05, 0.1) is 4.92 Å². The molecule has 8 heteroatoms. The van der Waals surface area contributed by atoms with Crippen molar-refractivity contribution in [1.82, 2.24) is 9.97 Å². The largest absolute Gasteiger partial charge is 0.368 e. The van der Waals surface area contributed by atoms with E-state index in [1.807, 2.05) is 0 Å². The van der Waals surface area contributed by atoms with E-state index < -0.39 is 4.92 Å². The van der Waals surface area contributed by atoms with E-state index in [0.29, 0.717) is 6.54 Å². The van der Waals surface area contributed by atoms with Gasteiger partial charge in [-0.1, -0.05) is 6.42 Å². The van der Waals surface area contributed by atoms with Crippen molar-refractivity contribution < 1.29 is 4.92 Å². The maximum atomic E-state index is 10.9. The molecule has 1 aromatic heterocycles. The maximum Gasteiger partial charge on any atom is 0.329 e. The van der Waals surface area contributed by atoms with Crippen LogP contribution in [0.5, 0.6) is 0 Å². The van der Waals surface area contributed by atoms with E-state index in [1.54, 1.807) is 11.8 Å². The second kappa shape index (κ2) is 4.97. The normalized spacial score (nSPS) is 16.9. The van der Waals surface area contributed by atoms with E-state index in [9.17, 15) is 10.1 Å². The van der Waals surface area contributed by atoms with Crippen LogP contribution in [0, 0.1) is 10.1 Å². The minimum atomic E-state index is -0.506. The third kappa shape index (κ3) is 2.47. The van der Waals surface area contributed by atoms with Crippen molar-refractivity contribution >= 4 is 29.2 Å². The van der Waals surface area contributed by atoms with Crippen LogP contribution in [0.3, 0.4) is 0 Å². The Bertz CT molecular complexity index is 458.